The Morgan fingerprint density at radius 1 is 1.04 bits per heavy atom. The number of hydrogen-bond acceptors (Lipinski definition) is 7. The highest BCUT2D eigenvalue weighted by Gasteiger charge is 2.70. The number of piperidine rings is 1. The van der Waals surface area contributed by atoms with Crippen LogP contribution in [0.15, 0.2) is 12.7 Å². The van der Waals surface area contributed by atoms with E-state index in [2.05, 4.69) is 33.8 Å². The molecule has 3 aliphatic rings. The molecule has 2 saturated heterocycles. The van der Waals surface area contributed by atoms with Crippen LogP contribution in [0.2, 0.25) is 0 Å². The van der Waals surface area contributed by atoms with Gasteiger partial charge in [0, 0.05) is 26.6 Å². The molecule has 49 heavy (non-hydrogen) atoms. The van der Waals surface area contributed by atoms with Crippen molar-refractivity contribution in [1.82, 2.24) is 36.0 Å². The van der Waals surface area contributed by atoms with Crippen LogP contribution >= 0.6 is 0 Å². The Labute approximate surface area is 289 Å². The first-order valence-electron chi connectivity index (χ1n) is 16.7. The minimum Gasteiger partial charge on any atom is -0.346 e. The summed E-state index contributed by atoms with van der Waals surface area (Å²) >= 11 is 0. The SMILES string of the molecule is C#CCCC(NC(=O)[C@@H]1[C@@H]2[C@H](CN1C(=O)[C@@H](NC(=O)NC(CN1C(=O)CN(C)C1=O)C(C)(C)C)C(C)(C)C)C2(C)C)C(=O)C(=O)NCC=C. The van der Waals surface area contributed by atoms with Gasteiger partial charge in [0.05, 0.1) is 18.6 Å². The van der Waals surface area contributed by atoms with Crippen molar-refractivity contribution in [2.24, 2.45) is 28.1 Å². The molecule has 1 saturated carbocycles. The first-order chi connectivity index (χ1) is 22.6. The lowest BCUT2D eigenvalue weighted by atomic mass is 9.85. The molecule has 3 rings (SSSR count). The number of carbonyl (C=O) groups is 7. The number of terminal acetylenes is 1. The number of carbonyl (C=O) groups excluding carboxylic acids is 7. The molecule has 8 amide bonds. The molecule has 270 valence electrons. The number of likely N-dealkylation sites (tertiary alicyclic amines) is 1. The van der Waals surface area contributed by atoms with E-state index in [-0.39, 0.29) is 62.2 Å². The van der Waals surface area contributed by atoms with Crippen LogP contribution in [0.4, 0.5) is 9.59 Å². The van der Waals surface area contributed by atoms with Crippen molar-refractivity contribution in [3.05, 3.63) is 12.7 Å². The fourth-order valence-electron chi connectivity index (χ4n) is 6.69. The minimum absolute atomic E-state index is 0.0105. The fraction of sp³-hybridized carbons (Fsp3) is 0.686. The topological polar surface area (TPSA) is 177 Å². The highest BCUT2D eigenvalue weighted by Crippen LogP contribution is 2.65. The Morgan fingerprint density at radius 3 is 2.18 bits per heavy atom. The van der Waals surface area contributed by atoms with Crippen molar-refractivity contribution in [1.29, 1.82) is 0 Å². The van der Waals surface area contributed by atoms with Crippen LogP contribution in [-0.2, 0) is 24.0 Å². The summed E-state index contributed by atoms with van der Waals surface area (Å²) in [5.41, 5.74) is -1.62. The van der Waals surface area contributed by atoms with E-state index < -0.39 is 70.6 Å². The molecule has 1 aliphatic carbocycles. The number of nitrogens with one attached hydrogen (secondary N) is 4. The molecule has 2 unspecified atom stereocenters. The second-order valence-corrected chi connectivity index (χ2v) is 16.0. The van der Waals surface area contributed by atoms with Crippen molar-refractivity contribution in [3.63, 3.8) is 0 Å². The van der Waals surface area contributed by atoms with Gasteiger partial charge in [-0.3, -0.25) is 28.9 Å². The summed E-state index contributed by atoms with van der Waals surface area (Å²) in [5, 5.41) is 10.8. The Kier molecular flexibility index (Phi) is 11.6. The van der Waals surface area contributed by atoms with Gasteiger partial charge < -0.3 is 31.1 Å². The van der Waals surface area contributed by atoms with Gasteiger partial charge in [0.2, 0.25) is 23.5 Å². The molecule has 0 aromatic carbocycles. The van der Waals surface area contributed by atoms with Crippen LogP contribution in [0.3, 0.4) is 0 Å². The van der Waals surface area contributed by atoms with Crippen molar-refractivity contribution in [2.45, 2.75) is 92.4 Å². The third-order valence-corrected chi connectivity index (χ3v) is 9.94. The molecule has 6 atom stereocenters. The smallest absolute Gasteiger partial charge is 0.327 e. The highest BCUT2D eigenvalue weighted by atomic mass is 16.2. The normalized spacial score (nSPS) is 23.1. The monoisotopic (exact) mass is 683 g/mol. The maximum Gasteiger partial charge on any atom is 0.327 e. The van der Waals surface area contributed by atoms with Crippen LogP contribution in [0.25, 0.3) is 0 Å². The predicted octanol–water partition coefficient (Wildman–Crippen LogP) is 1.26. The quantitative estimate of drug-likeness (QED) is 0.0978. The zero-order valence-corrected chi connectivity index (χ0v) is 30.3. The van der Waals surface area contributed by atoms with E-state index in [4.69, 9.17) is 6.42 Å². The van der Waals surface area contributed by atoms with Crippen molar-refractivity contribution in [3.8, 4) is 12.3 Å². The molecular weight excluding hydrogens is 630 g/mol. The van der Waals surface area contributed by atoms with Crippen LogP contribution in [0.1, 0.15) is 68.2 Å². The van der Waals surface area contributed by atoms with Gasteiger partial charge in [-0.1, -0.05) is 61.5 Å². The van der Waals surface area contributed by atoms with Crippen molar-refractivity contribution >= 4 is 41.5 Å². The van der Waals surface area contributed by atoms with E-state index in [1.165, 1.54) is 22.9 Å². The molecule has 14 nitrogen and oxygen atoms in total. The molecule has 0 radical (unpaired) electrons. The van der Waals surface area contributed by atoms with Crippen LogP contribution in [0.5, 0.6) is 0 Å². The summed E-state index contributed by atoms with van der Waals surface area (Å²) in [7, 11) is 1.53. The summed E-state index contributed by atoms with van der Waals surface area (Å²) in [6, 6.07) is -5.00. The Hall–Kier alpha value is -4.41. The molecule has 0 spiro atoms. The zero-order valence-electron chi connectivity index (χ0n) is 30.3. The van der Waals surface area contributed by atoms with Crippen LogP contribution in [0, 0.1) is 40.4 Å². The van der Waals surface area contributed by atoms with Gasteiger partial charge in [-0.05, 0) is 34.5 Å². The molecule has 14 heteroatoms. The second kappa shape index (κ2) is 14.6. The Balaban J connectivity index is 1.83. The third-order valence-electron chi connectivity index (χ3n) is 9.94. The number of imide groups is 1. The lowest BCUT2D eigenvalue weighted by Gasteiger charge is -2.39. The number of likely N-dealkylation sites (N-methyl/N-ethyl adjacent to an activating group) is 1. The number of rotatable bonds is 13. The van der Waals surface area contributed by atoms with E-state index >= 15 is 0 Å². The molecule has 0 aromatic rings. The van der Waals surface area contributed by atoms with Gasteiger partial charge >= 0.3 is 12.1 Å². The van der Waals surface area contributed by atoms with E-state index in [0.717, 1.165) is 4.90 Å². The van der Waals surface area contributed by atoms with Crippen molar-refractivity contribution in [2.75, 3.05) is 33.2 Å². The first kappa shape index (κ1) is 39.0. The molecule has 2 heterocycles. The van der Waals surface area contributed by atoms with Crippen LogP contribution < -0.4 is 21.3 Å². The maximum absolute atomic E-state index is 14.4. The number of urea groups is 2. The van der Waals surface area contributed by atoms with Gasteiger partial charge in [-0.2, -0.15) is 0 Å². The van der Waals surface area contributed by atoms with Gasteiger partial charge in [-0.25, -0.2) is 9.59 Å². The fourth-order valence-corrected chi connectivity index (χ4v) is 6.69. The van der Waals surface area contributed by atoms with Gasteiger partial charge in [0.1, 0.15) is 18.6 Å². The molecule has 0 bridgehead atoms. The average molecular weight is 684 g/mol. The zero-order chi connectivity index (χ0) is 37.2. The standard InChI is InChI=1S/C35H53N7O7/c1-12-14-15-21(26(44)29(46)36-16-13-2)37-28(45)25-24-20(35(24,9)10)17-42(25)30(47)27(34(6,7)8)39-31(48)38-22(33(3,4)5)18-41-23(43)19-40(11)32(41)49/h1,13,20-22,24-25,27H,2,14-19H2,3-11H3,(H,36,46)(H,37,45)(H2,38,39,48)/t20-,21?,22?,24-,25-,27+/m0/s1. The largest absolute Gasteiger partial charge is 0.346 e. The lowest BCUT2D eigenvalue weighted by Crippen LogP contribution is -2.63. The third kappa shape index (κ3) is 8.61. The molecule has 0 aromatic heterocycles. The van der Waals surface area contributed by atoms with Crippen LogP contribution in [-0.4, -0.2) is 114 Å². The van der Waals surface area contributed by atoms with E-state index in [0.29, 0.717) is 0 Å². The summed E-state index contributed by atoms with van der Waals surface area (Å²) in [6.07, 6.45) is 7.02. The predicted molar refractivity (Wildman–Crippen MR) is 182 cm³/mol. The number of hydrogen-bond donors (Lipinski definition) is 4. The van der Waals surface area contributed by atoms with E-state index in [1.807, 2.05) is 34.6 Å². The van der Waals surface area contributed by atoms with E-state index in [9.17, 15) is 33.6 Å². The van der Waals surface area contributed by atoms with Gasteiger partial charge in [0.25, 0.3) is 5.91 Å². The number of nitrogens with zero attached hydrogens (tertiary/aromatic N) is 3. The lowest BCUT2D eigenvalue weighted by molar-refractivity contribution is -0.145. The van der Waals surface area contributed by atoms with E-state index in [1.54, 1.807) is 20.8 Å². The Bertz CT molecular complexity index is 1420. The molecule has 3 fully saturated rings. The summed E-state index contributed by atoms with van der Waals surface area (Å²) in [5.74, 6) is -0.910. The second-order valence-electron chi connectivity index (χ2n) is 16.0. The number of amides is 8. The number of fused-ring (bicyclic) bond motifs is 1. The minimum atomic E-state index is -1.20. The average Bonchev–Trinajstić information content (AvgIpc) is 3.25. The van der Waals surface area contributed by atoms with Gasteiger partial charge in [-0.15, -0.1) is 18.9 Å². The number of ketones is 1. The summed E-state index contributed by atoms with van der Waals surface area (Å²) in [4.78, 5) is 96.3. The number of Topliss-reactive ketones (excluding diaryl/α,β-unsaturated/α-hetero) is 1. The van der Waals surface area contributed by atoms with Gasteiger partial charge in [0.15, 0.2) is 0 Å². The maximum atomic E-state index is 14.4. The molecular formula is C35H53N7O7. The first-order valence-corrected chi connectivity index (χ1v) is 16.7. The summed E-state index contributed by atoms with van der Waals surface area (Å²) < 4.78 is 0. The Morgan fingerprint density at radius 2 is 1.67 bits per heavy atom. The summed E-state index contributed by atoms with van der Waals surface area (Å²) in [6.45, 7) is 18.8. The molecule has 2 aliphatic heterocycles. The molecule has 4 N–H and O–H groups in total. The highest BCUT2D eigenvalue weighted by molar-refractivity contribution is 6.38. The van der Waals surface area contributed by atoms with Crippen molar-refractivity contribution < 1.29 is 33.6 Å².